The fourth-order valence-electron chi connectivity index (χ4n) is 5.42. The van der Waals surface area contributed by atoms with E-state index in [1.54, 1.807) is 17.5 Å². The van der Waals surface area contributed by atoms with Crippen LogP contribution in [0.15, 0.2) is 35.3 Å². The number of nitrogens with one attached hydrogen (secondary N) is 2. The second-order valence-corrected chi connectivity index (χ2v) is 9.94. The zero-order valence-electron chi connectivity index (χ0n) is 17.5. The highest BCUT2D eigenvalue weighted by atomic mass is 35.5. The lowest BCUT2D eigenvalue weighted by atomic mass is 9.61. The van der Waals surface area contributed by atoms with Crippen molar-refractivity contribution >= 4 is 45.9 Å². The van der Waals surface area contributed by atoms with Crippen LogP contribution < -0.4 is 5.32 Å². The number of carboxylic acids is 1. The Balaban J connectivity index is 1.45. The predicted molar refractivity (Wildman–Crippen MR) is 127 cm³/mol. The van der Waals surface area contributed by atoms with Gasteiger partial charge in [0.2, 0.25) is 0 Å². The van der Waals surface area contributed by atoms with E-state index in [2.05, 4.69) is 20.3 Å². The third kappa shape index (κ3) is 3.65. The van der Waals surface area contributed by atoms with Crippen LogP contribution in [0, 0.1) is 17.8 Å². The topological polar surface area (TPSA) is 117 Å². The highest BCUT2D eigenvalue weighted by Gasteiger charge is 2.47. The number of aliphatic carboxylic acids is 1. The van der Waals surface area contributed by atoms with Crippen LogP contribution in [0.3, 0.4) is 0 Å². The first-order valence-electron chi connectivity index (χ1n) is 11.0. The maximum absolute atomic E-state index is 12.1. The van der Waals surface area contributed by atoms with E-state index in [9.17, 15) is 9.90 Å². The molecule has 3 aliphatic rings. The third-order valence-electron chi connectivity index (χ3n) is 6.95. The van der Waals surface area contributed by atoms with Crippen molar-refractivity contribution in [1.82, 2.24) is 24.9 Å². The summed E-state index contributed by atoms with van der Waals surface area (Å²) < 4.78 is 0. The van der Waals surface area contributed by atoms with Gasteiger partial charge in [-0.3, -0.25) is 4.79 Å². The molecule has 3 saturated carbocycles. The van der Waals surface area contributed by atoms with Crippen LogP contribution in [-0.4, -0.2) is 42.0 Å². The van der Waals surface area contributed by atoms with Crippen molar-refractivity contribution in [2.75, 3.05) is 5.32 Å². The van der Waals surface area contributed by atoms with Crippen LogP contribution in [0.5, 0.6) is 0 Å². The SMILES string of the molecule is O=C(O)[C@H]1C2CCC(CC2)[C@@H]1Nc1cc(-c2ccsc2)nc(-c2c[nH]c3ncc(Cl)nc23)n1. The first-order chi connectivity index (χ1) is 16.1. The maximum Gasteiger partial charge on any atom is 0.308 e. The number of fused-ring (bicyclic) bond motifs is 4. The quantitative estimate of drug-likeness (QED) is 0.364. The molecule has 4 aromatic heterocycles. The number of nitrogens with zero attached hydrogens (tertiary/aromatic N) is 4. The van der Waals surface area contributed by atoms with Gasteiger partial charge in [0, 0.05) is 29.2 Å². The number of halogens is 1. The van der Waals surface area contributed by atoms with Crippen molar-refractivity contribution in [3.05, 3.63) is 40.4 Å². The summed E-state index contributed by atoms with van der Waals surface area (Å²) in [4.78, 5) is 33.5. The molecule has 0 saturated heterocycles. The summed E-state index contributed by atoms with van der Waals surface area (Å²) in [5, 5.41) is 17.8. The highest BCUT2D eigenvalue weighted by molar-refractivity contribution is 7.08. The smallest absolute Gasteiger partial charge is 0.308 e. The standard InChI is InChI=1S/C23H21ClN6O2S/c24-16-9-26-22-20(28-16)14(8-25-22)21-27-15(13-5-6-33-10-13)7-17(30-21)29-19-12-3-1-11(2-4-12)18(19)23(31)32/h5-12,18-19H,1-4H2,(H,25,26)(H,31,32)(H,27,29,30)/t11?,12?,18-,19-/m0/s1. The second-order valence-electron chi connectivity index (χ2n) is 8.78. The van der Waals surface area contributed by atoms with E-state index in [-0.39, 0.29) is 12.0 Å². The molecular formula is C23H21ClN6O2S. The lowest BCUT2D eigenvalue weighted by Gasteiger charge is -2.47. The molecule has 4 aromatic rings. The molecule has 8 nitrogen and oxygen atoms in total. The van der Waals surface area contributed by atoms with Crippen LogP contribution in [0.1, 0.15) is 25.7 Å². The number of carbonyl (C=O) groups is 1. The van der Waals surface area contributed by atoms with E-state index < -0.39 is 11.9 Å². The van der Waals surface area contributed by atoms with Gasteiger partial charge in [0.25, 0.3) is 0 Å². The maximum atomic E-state index is 12.1. The van der Waals surface area contributed by atoms with Crippen LogP contribution in [0.4, 0.5) is 5.82 Å². The van der Waals surface area contributed by atoms with Gasteiger partial charge in [0.15, 0.2) is 11.5 Å². The summed E-state index contributed by atoms with van der Waals surface area (Å²) in [6.07, 6.45) is 7.35. The van der Waals surface area contributed by atoms with Crippen molar-refractivity contribution < 1.29 is 9.90 Å². The van der Waals surface area contributed by atoms with Gasteiger partial charge in [-0.1, -0.05) is 11.6 Å². The molecule has 0 radical (unpaired) electrons. The molecule has 0 aliphatic heterocycles. The van der Waals surface area contributed by atoms with E-state index >= 15 is 0 Å². The normalized spacial score (nSPS) is 24.3. The first kappa shape index (κ1) is 20.6. The van der Waals surface area contributed by atoms with Crippen LogP contribution in [-0.2, 0) is 4.79 Å². The Morgan fingerprint density at radius 3 is 2.76 bits per heavy atom. The molecule has 2 atom stereocenters. The molecule has 3 aliphatic carbocycles. The molecule has 3 N–H and O–H groups in total. The number of hydrogen-bond donors (Lipinski definition) is 3. The Bertz CT molecular complexity index is 1330. The van der Waals surface area contributed by atoms with Gasteiger partial charge in [-0.25, -0.2) is 19.9 Å². The number of anilines is 1. The summed E-state index contributed by atoms with van der Waals surface area (Å²) in [5.74, 6) is 0.519. The minimum atomic E-state index is -0.726. The van der Waals surface area contributed by atoms with Gasteiger partial charge >= 0.3 is 5.97 Å². The monoisotopic (exact) mass is 480 g/mol. The summed E-state index contributed by atoms with van der Waals surface area (Å²) in [6, 6.07) is 3.76. The average molecular weight is 481 g/mol. The third-order valence-corrected chi connectivity index (χ3v) is 7.82. The van der Waals surface area contributed by atoms with Crippen molar-refractivity contribution in [3.63, 3.8) is 0 Å². The number of aromatic nitrogens is 5. The number of hydrogen-bond acceptors (Lipinski definition) is 7. The van der Waals surface area contributed by atoms with Crippen molar-refractivity contribution in [3.8, 4) is 22.6 Å². The molecule has 10 heteroatoms. The Morgan fingerprint density at radius 2 is 2.00 bits per heavy atom. The summed E-state index contributed by atoms with van der Waals surface area (Å²) in [6.45, 7) is 0. The molecule has 33 heavy (non-hydrogen) atoms. The minimum absolute atomic E-state index is 0.148. The molecule has 0 amide bonds. The molecule has 7 rings (SSSR count). The molecule has 0 spiro atoms. The summed E-state index contributed by atoms with van der Waals surface area (Å²) in [5.41, 5.74) is 3.64. The van der Waals surface area contributed by atoms with E-state index in [1.807, 2.05) is 22.9 Å². The van der Waals surface area contributed by atoms with Crippen molar-refractivity contribution in [1.29, 1.82) is 0 Å². The number of H-pyrrole nitrogens is 1. The number of thiophene rings is 1. The largest absolute Gasteiger partial charge is 0.481 e. The molecule has 3 fully saturated rings. The fourth-order valence-corrected chi connectivity index (χ4v) is 6.21. The molecule has 4 heterocycles. The van der Waals surface area contributed by atoms with Gasteiger partial charge < -0.3 is 15.4 Å². The molecule has 168 valence electrons. The highest BCUT2D eigenvalue weighted by Crippen LogP contribution is 2.46. The minimum Gasteiger partial charge on any atom is -0.481 e. The second kappa shape index (κ2) is 8.07. The number of aromatic amines is 1. The van der Waals surface area contributed by atoms with E-state index in [4.69, 9.17) is 21.6 Å². The van der Waals surface area contributed by atoms with Gasteiger partial charge in [-0.2, -0.15) is 11.3 Å². The molecule has 2 bridgehead atoms. The fraction of sp³-hybridized carbons (Fsp3) is 0.348. The summed E-state index contributed by atoms with van der Waals surface area (Å²) >= 11 is 7.69. The van der Waals surface area contributed by atoms with Crippen LogP contribution in [0.25, 0.3) is 33.8 Å². The van der Waals surface area contributed by atoms with Crippen LogP contribution >= 0.6 is 22.9 Å². The van der Waals surface area contributed by atoms with Crippen molar-refractivity contribution in [2.45, 2.75) is 31.7 Å². The van der Waals surface area contributed by atoms with E-state index in [0.717, 1.165) is 36.9 Å². The lowest BCUT2D eigenvalue weighted by molar-refractivity contribution is -0.148. The number of carboxylic acid groups (broad SMARTS) is 1. The molecule has 0 unspecified atom stereocenters. The zero-order chi connectivity index (χ0) is 22.5. The van der Waals surface area contributed by atoms with Gasteiger partial charge in [-0.15, -0.1) is 0 Å². The van der Waals surface area contributed by atoms with Gasteiger partial charge in [-0.05, 0) is 49.0 Å². The van der Waals surface area contributed by atoms with Gasteiger partial charge in [0.05, 0.1) is 23.4 Å². The lowest BCUT2D eigenvalue weighted by Crippen LogP contribution is -2.51. The van der Waals surface area contributed by atoms with E-state index in [1.165, 1.54) is 6.20 Å². The molecule has 0 aromatic carbocycles. The van der Waals surface area contributed by atoms with E-state index in [0.29, 0.717) is 39.4 Å². The van der Waals surface area contributed by atoms with Gasteiger partial charge in [0.1, 0.15) is 16.5 Å². The Hall–Kier alpha value is -3.04. The Morgan fingerprint density at radius 1 is 1.18 bits per heavy atom. The molecular weight excluding hydrogens is 460 g/mol. The predicted octanol–water partition coefficient (Wildman–Crippen LogP) is 5.10. The summed E-state index contributed by atoms with van der Waals surface area (Å²) in [7, 11) is 0. The average Bonchev–Trinajstić information content (AvgIpc) is 3.49. The Labute approximate surface area is 198 Å². The van der Waals surface area contributed by atoms with Crippen molar-refractivity contribution in [2.24, 2.45) is 17.8 Å². The zero-order valence-corrected chi connectivity index (χ0v) is 19.1. The van der Waals surface area contributed by atoms with Crippen LogP contribution in [0.2, 0.25) is 5.15 Å². The first-order valence-corrected chi connectivity index (χ1v) is 12.3. The Kier molecular flexibility index (Phi) is 5.03. The number of rotatable bonds is 5.